The van der Waals surface area contributed by atoms with Crippen molar-refractivity contribution < 1.29 is 18.7 Å². The molecule has 0 heterocycles. The van der Waals surface area contributed by atoms with Crippen LogP contribution in [0, 0.1) is 12.7 Å². The predicted octanol–water partition coefficient (Wildman–Crippen LogP) is 3.98. The second kappa shape index (κ2) is 8.42. The summed E-state index contributed by atoms with van der Waals surface area (Å²) in [5.41, 5.74) is 3.38. The van der Waals surface area contributed by atoms with Gasteiger partial charge in [0.2, 0.25) is 0 Å². The van der Waals surface area contributed by atoms with Gasteiger partial charge in [-0.2, -0.15) is 0 Å². The minimum absolute atomic E-state index is 0.00479. The van der Waals surface area contributed by atoms with Gasteiger partial charge in [-0.25, -0.2) is 4.39 Å². The van der Waals surface area contributed by atoms with Crippen LogP contribution in [0.15, 0.2) is 42.5 Å². The Balaban J connectivity index is 1.91. The number of benzene rings is 2. The fourth-order valence-corrected chi connectivity index (χ4v) is 2.48. The fourth-order valence-electron chi connectivity index (χ4n) is 2.48. The Morgan fingerprint density at radius 1 is 1.12 bits per heavy atom. The van der Waals surface area contributed by atoms with E-state index in [1.165, 1.54) is 24.3 Å². The van der Waals surface area contributed by atoms with Crippen LogP contribution in [-0.4, -0.2) is 18.5 Å². The van der Waals surface area contributed by atoms with E-state index in [9.17, 15) is 14.0 Å². The van der Waals surface area contributed by atoms with Crippen molar-refractivity contribution in [1.29, 1.82) is 0 Å². The third-order valence-corrected chi connectivity index (χ3v) is 3.82. The number of nitrogens with one attached hydrogen (secondary N) is 1. The van der Waals surface area contributed by atoms with Gasteiger partial charge in [-0.3, -0.25) is 9.59 Å². The topological polar surface area (TPSA) is 55.4 Å². The summed E-state index contributed by atoms with van der Waals surface area (Å²) in [6.07, 6.45) is -0.00479. The lowest BCUT2D eigenvalue weighted by atomic mass is 9.98. The molecule has 0 spiro atoms. The van der Waals surface area contributed by atoms with Crippen molar-refractivity contribution >= 4 is 17.6 Å². The van der Waals surface area contributed by atoms with Crippen molar-refractivity contribution in [3.63, 3.8) is 0 Å². The van der Waals surface area contributed by atoms with Crippen molar-refractivity contribution in [1.82, 2.24) is 0 Å². The van der Waals surface area contributed by atoms with Gasteiger partial charge in [0.1, 0.15) is 5.82 Å². The van der Waals surface area contributed by atoms with Crippen LogP contribution in [0.25, 0.3) is 0 Å². The molecule has 1 amide bonds. The zero-order chi connectivity index (χ0) is 18.4. The Bertz CT molecular complexity index is 754. The predicted molar refractivity (Wildman–Crippen MR) is 95.0 cm³/mol. The first-order valence-corrected chi connectivity index (χ1v) is 8.16. The number of hydrogen-bond acceptors (Lipinski definition) is 3. The molecule has 0 unspecified atom stereocenters. The van der Waals surface area contributed by atoms with Crippen molar-refractivity contribution in [3.05, 3.63) is 65.0 Å². The van der Waals surface area contributed by atoms with E-state index in [0.29, 0.717) is 5.56 Å². The van der Waals surface area contributed by atoms with Crippen LogP contribution in [0.4, 0.5) is 10.1 Å². The standard InChI is InChI=1S/C20H22FNO3/c1-13(2)17-6-4-5-14(3)20(17)22-18(23)12-25-19(24)11-15-7-9-16(21)10-8-15/h4-10,13H,11-12H2,1-3H3,(H,22,23). The maximum absolute atomic E-state index is 12.8. The SMILES string of the molecule is Cc1cccc(C(C)C)c1NC(=O)COC(=O)Cc1ccc(F)cc1. The highest BCUT2D eigenvalue weighted by Gasteiger charge is 2.14. The number of rotatable bonds is 6. The molecule has 0 aliphatic rings. The summed E-state index contributed by atoms with van der Waals surface area (Å²) in [5.74, 6) is -1.02. The number of aryl methyl sites for hydroxylation is 1. The largest absolute Gasteiger partial charge is 0.455 e. The van der Waals surface area contributed by atoms with E-state index in [4.69, 9.17) is 4.74 Å². The summed E-state index contributed by atoms with van der Waals surface area (Å²) in [5, 5.41) is 2.82. The Morgan fingerprint density at radius 2 is 1.80 bits per heavy atom. The summed E-state index contributed by atoms with van der Waals surface area (Å²) < 4.78 is 17.8. The Kier molecular flexibility index (Phi) is 6.28. The average molecular weight is 343 g/mol. The fraction of sp³-hybridized carbons (Fsp3) is 0.300. The van der Waals surface area contributed by atoms with E-state index in [0.717, 1.165) is 16.8 Å². The molecule has 0 bridgehead atoms. The highest BCUT2D eigenvalue weighted by Crippen LogP contribution is 2.27. The maximum atomic E-state index is 12.8. The number of esters is 1. The summed E-state index contributed by atoms with van der Waals surface area (Å²) in [6.45, 7) is 5.66. The van der Waals surface area contributed by atoms with Crippen molar-refractivity contribution in [3.8, 4) is 0 Å². The van der Waals surface area contributed by atoms with E-state index in [1.807, 2.05) is 39.0 Å². The molecule has 4 nitrogen and oxygen atoms in total. The lowest BCUT2D eigenvalue weighted by Crippen LogP contribution is -2.22. The van der Waals surface area contributed by atoms with Crippen LogP contribution >= 0.6 is 0 Å². The van der Waals surface area contributed by atoms with Gasteiger partial charge in [0.15, 0.2) is 6.61 Å². The number of amides is 1. The molecule has 2 aromatic rings. The normalized spacial score (nSPS) is 10.6. The number of para-hydroxylation sites is 1. The molecule has 0 aliphatic heterocycles. The lowest BCUT2D eigenvalue weighted by molar-refractivity contribution is -0.146. The molecule has 0 saturated heterocycles. The van der Waals surface area contributed by atoms with E-state index in [-0.39, 0.29) is 30.7 Å². The molecule has 5 heteroatoms. The number of carbonyl (C=O) groups excluding carboxylic acids is 2. The second-order valence-electron chi connectivity index (χ2n) is 6.21. The van der Waals surface area contributed by atoms with Gasteiger partial charge in [-0.1, -0.05) is 44.2 Å². The minimum atomic E-state index is -0.532. The summed E-state index contributed by atoms with van der Waals surface area (Å²) in [7, 11) is 0. The van der Waals surface area contributed by atoms with E-state index >= 15 is 0 Å². The Labute approximate surface area is 147 Å². The maximum Gasteiger partial charge on any atom is 0.310 e. The van der Waals surface area contributed by atoms with Gasteiger partial charge in [-0.15, -0.1) is 0 Å². The number of halogens is 1. The van der Waals surface area contributed by atoms with Crippen LogP contribution in [-0.2, 0) is 20.7 Å². The van der Waals surface area contributed by atoms with Crippen molar-refractivity contribution in [2.24, 2.45) is 0 Å². The molecule has 0 radical (unpaired) electrons. The molecule has 0 atom stereocenters. The molecule has 0 fully saturated rings. The van der Waals surface area contributed by atoms with Gasteiger partial charge in [0, 0.05) is 5.69 Å². The molecule has 132 valence electrons. The third-order valence-electron chi connectivity index (χ3n) is 3.82. The van der Waals surface area contributed by atoms with Crippen LogP contribution in [0.1, 0.15) is 36.5 Å². The second-order valence-corrected chi connectivity index (χ2v) is 6.21. The Hall–Kier alpha value is -2.69. The smallest absolute Gasteiger partial charge is 0.310 e. The van der Waals surface area contributed by atoms with Gasteiger partial charge >= 0.3 is 5.97 Å². The minimum Gasteiger partial charge on any atom is -0.455 e. The highest BCUT2D eigenvalue weighted by molar-refractivity contribution is 5.94. The molecule has 2 rings (SSSR count). The lowest BCUT2D eigenvalue weighted by Gasteiger charge is -2.16. The third kappa shape index (κ3) is 5.41. The molecule has 1 N–H and O–H groups in total. The first-order valence-electron chi connectivity index (χ1n) is 8.16. The molecule has 2 aromatic carbocycles. The summed E-state index contributed by atoms with van der Waals surface area (Å²) in [4.78, 5) is 23.9. The number of carbonyl (C=O) groups is 2. The number of ether oxygens (including phenoxy) is 1. The zero-order valence-corrected chi connectivity index (χ0v) is 14.6. The van der Waals surface area contributed by atoms with Crippen molar-refractivity contribution in [2.45, 2.75) is 33.1 Å². The van der Waals surface area contributed by atoms with Gasteiger partial charge in [0.25, 0.3) is 5.91 Å². The average Bonchev–Trinajstić information content (AvgIpc) is 2.56. The monoisotopic (exact) mass is 343 g/mol. The van der Waals surface area contributed by atoms with Gasteiger partial charge in [0.05, 0.1) is 6.42 Å². The quantitative estimate of drug-likeness (QED) is 0.807. The first kappa shape index (κ1) is 18.6. The zero-order valence-electron chi connectivity index (χ0n) is 14.6. The molecule has 0 saturated carbocycles. The van der Waals surface area contributed by atoms with E-state index in [2.05, 4.69) is 5.32 Å². The van der Waals surface area contributed by atoms with Gasteiger partial charge in [-0.05, 0) is 41.7 Å². The Morgan fingerprint density at radius 3 is 2.44 bits per heavy atom. The molecule has 0 aromatic heterocycles. The first-order chi connectivity index (χ1) is 11.9. The van der Waals surface area contributed by atoms with Crippen LogP contribution in [0.5, 0.6) is 0 Å². The van der Waals surface area contributed by atoms with Crippen LogP contribution in [0.3, 0.4) is 0 Å². The molecular formula is C20H22FNO3. The van der Waals surface area contributed by atoms with Crippen molar-refractivity contribution in [2.75, 3.05) is 11.9 Å². The number of hydrogen-bond donors (Lipinski definition) is 1. The molecule has 0 aliphatic carbocycles. The summed E-state index contributed by atoms with van der Waals surface area (Å²) >= 11 is 0. The summed E-state index contributed by atoms with van der Waals surface area (Å²) in [6, 6.07) is 11.4. The highest BCUT2D eigenvalue weighted by atomic mass is 19.1. The van der Waals surface area contributed by atoms with Crippen LogP contribution < -0.4 is 5.32 Å². The number of anilines is 1. The molecule has 25 heavy (non-hydrogen) atoms. The van der Waals surface area contributed by atoms with Gasteiger partial charge < -0.3 is 10.1 Å². The van der Waals surface area contributed by atoms with E-state index < -0.39 is 5.97 Å². The van der Waals surface area contributed by atoms with E-state index in [1.54, 1.807) is 0 Å². The molecular weight excluding hydrogens is 321 g/mol. The van der Waals surface area contributed by atoms with Crippen LogP contribution in [0.2, 0.25) is 0 Å².